The first-order valence-corrected chi connectivity index (χ1v) is 0. The van der Waals surface area contributed by atoms with E-state index in [9.17, 15) is 0 Å². The van der Waals surface area contributed by atoms with E-state index in [4.69, 9.17) is 0 Å². The van der Waals surface area contributed by atoms with Crippen LogP contribution in [0.3, 0.4) is 0 Å². The second kappa shape index (κ2) is 27.8. The van der Waals surface area contributed by atoms with Crippen molar-refractivity contribution in [3.05, 3.63) is 7.43 Å². The maximum absolute atomic E-state index is 0. The van der Waals surface area contributed by atoms with Crippen molar-refractivity contribution >= 4 is 45.9 Å². The van der Waals surface area contributed by atoms with Gasteiger partial charge in [0.2, 0.25) is 0 Å². The van der Waals surface area contributed by atoms with E-state index in [-0.39, 0.29) is 53.3 Å². The van der Waals surface area contributed by atoms with E-state index in [2.05, 4.69) is 0 Å². The molecule has 0 aliphatic heterocycles. The van der Waals surface area contributed by atoms with Crippen LogP contribution in [-0.2, 0) is 0 Å². The molecule has 0 spiro atoms. The normalized spacial score (nSPS) is 0. The van der Waals surface area contributed by atoms with Gasteiger partial charge in [-0.2, -0.15) is 0 Å². The van der Waals surface area contributed by atoms with Gasteiger partial charge in [0.15, 0.2) is 0 Å². The average Bonchev–Trinajstić information content (AvgIpc) is 0. The summed E-state index contributed by atoms with van der Waals surface area (Å²) in [6.07, 6.45) is 0. The Bertz CT molecular complexity index is 6.00. The summed E-state index contributed by atoms with van der Waals surface area (Å²) < 4.78 is 0. The van der Waals surface area contributed by atoms with E-state index in [1.54, 1.807) is 0 Å². The zero-order valence-electron chi connectivity index (χ0n) is 2.32. The molecule has 0 amide bonds. The van der Waals surface area contributed by atoms with Crippen molar-refractivity contribution < 1.29 is 0 Å². The van der Waals surface area contributed by atoms with Crippen molar-refractivity contribution in [3.63, 3.8) is 0 Å². The van der Waals surface area contributed by atoms with E-state index < -0.39 is 0 Å². The molecule has 0 rings (SSSR count). The monoisotopic (exact) mass is 83.0 g/mol. The van der Waals surface area contributed by atoms with E-state index >= 15 is 0 Å². The van der Waals surface area contributed by atoms with Gasteiger partial charge in [-0.15, -0.1) is 0 Å². The third-order valence-electron chi connectivity index (χ3n) is 0. The SMILES string of the molecule is [C].[Li].[S].[S]. The summed E-state index contributed by atoms with van der Waals surface area (Å²) in [7, 11) is 0. The smallest absolute Gasteiger partial charge is 0 e. The molecule has 0 heterocycles. The molecule has 0 N–H and O–H groups in total. The quantitative estimate of drug-likeness (QED) is 0.383. The minimum Gasteiger partial charge on any atom is 0 e. The van der Waals surface area contributed by atoms with Crippen LogP contribution in [0.5, 0.6) is 0 Å². The maximum Gasteiger partial charge on any atom is 0 e. The molecule has 0 aromatic carbocycles. The van der Waals surface area contributed by atoms with E-state index in [0.717, 1.165) is 0 Å². The van der Waals surface area contributed by atoms with Gasteiger partial charge in [-0.25, -0.2) is 0 Å². The first-order valence-electron chi connectivity index (χ1n) is 0. The van der Waals surface area contributed by atoms with Gasteiger partial charge >= 0.3 is 0 Å². The molecule has 0 fully saturated rings. The van der Waals surface area contributed by atoms with Crippen LogP contribution in [0.1, 0.15) is 0 Å². The molecular formula is CLiS2. The molecule has 0 saturated heterocycles. The molecule has 0 saturated carbocycles. The van der Waals surface area contributed by atoms with Crippen LogP contribution in [0, 0.1) is 7.43 Å². The number of rotatable bonds is 0. The molecule has 9 radical (unpaired) electrons. The van der Waals surface area contributed by atoms with Gasteiger partial charge in [0.05, 0.1) is 0 Å². The van der Waals surface area contributed by atoms with Crippen LogP contribution in [-0.4, -0.2) is 18.9 Å². The van der Waals surface area contributed by atoms with Crippen molar-refractivity contribution in [2.45, 2.75) is 0 Å². The summed E-state index contributed by atoms with van der Waals surface area (Å²) in [4.78, 5) is 0. The molecule has 17 valence electrons. The Balaban J connectivity index is 0. The van der Waals surface area contributed by atoms with Crippen LogP contribution in [0.4, 0.5) is 0 Å². The minimum absolute atomic E-state index is 0. The summed E-state index contributed by atoms with van der Waals surface area (Å²) in [6.45, 7) is 0. The summed E-state index contributed by atoms with van der Waals surface area (Å²) in [5.74, 6) is 0. The Labute approximate surface area is 53.4 Å². The summed E-state index contributed by atoms with van der Waals surface area (Å²) in [5, 5.41) is 0. The topological polar surface area (TPSA) is 0 Å². The van der Waals surface area contributed by atoms with Crippen LogP contribution < -0.4 is 0 Å². The Morgan fingerprint density at radius 1 is 0.750 bits per heavy atom. The van der Waals surface area contributed by atoms with Crippen LogP contribution in [0.15, 0.2) is 0 Å². The third kappa shape index (κ3) is 10.3. The molecule has 0 aliphatic rings. The van der Waals surface area contributed by atoms with Gasteiger partial charge < -0.3 is 0 Å². The van der Waals surface area contributed by atoms with E-state index in [1.165, 1.54) is 0 Å². The van der Waals surface area contributed by atoms with Crippen molar-refractivity contribution in [2.24, 2.45) is 0 Å². The molecule has 4 heavy (non-hydrogen) atoms. The molecule has 0 bridgehead atoms. The van der Waals surface area contributed by atoms with Crippen LogP contribution in [0.25, 0.3) is 0 Å². The number of hydrogen-bond acceptors (Lipinski definition) is 0. The fourth-order valence-electron chi connectivity index (χ4n) is 0. The van der Waals surface area contributed by atoms with Crippen LogP contribution in [0.2, 0.25) is 0 Å². The van der Waals surface area contributed by atoms with Gasteiger partial charge in [0.1, 0.15) is 0 Å². The molecule has 0 nitrogen and oxygen atoms in total. The summed E-state index contributed by atoms with van der Waals surface area (Å²) in [6, 6.07) is 0. The summed E-state index contributed by atoms with van der Waals surface area (Å²) in [5.41, 5.74) is 0. The Morgan fingerprint density at radius 3 is 0.750 bits per heavy atom. The molecule has 3 heteroatoms. The second-order valence-corrected chi connectivity index (χ2v) is 0. The number of hydrogen-bond donors (Lipinski definition) is 0. The fraction of sp³-hybridized carbons (Fsp3) is 0. The minimum atomic E-state index is 0. The zero-order valence-corrected chi connectivity index (χ0v) is 3.95. The Kier molecular flexibility index (Phi) is 403. The van der Waals surface area contributed by atoms with Crippen molar-refractivity contribution in [3.8, 4) is 0 Å². The molecule has 0 atom stereocenters. The Hall–Kier alpha value is 1.30. The van der Waals surface area contributed by atoms with Crippen molar-refractivity contribution in [2.75, 3.05) is 0 Å². The maximum atomic E-state index is 0. The molecular weight excluding hydrogens is 83.1 g/mol. The Morgan fingerprint density at radius 2 is 0.750 bits per heavy atom. The van der Waals surface area contributed by atoms with Gasteiger partial charge in [-0.05, 0) is 0 Å². The van der Waals surface area contributed by atoms with Gasteiger partial charge in [-0.3, -0.25) is 0 Å². The largest absolute Gasteiger partial charge is 0 e. The first kappa shape index (κ1) is 58.1. The van der Waals surface area contributed by atoms with Crippen molar-refractivity contribution in [1.29, 1.82) is 0 Å². The zero-order chi connectivity index (χ0) is 0. The summed E-state index contributed by atoms with van der Waals surface area (Å²) >= 11 is 0. The van der Waals surface area contributed by atoms with Crippen molar-refractivity contribution in [1.82, 2.24) is 0 Å². The molecule has 0 unspecified atom stereocenters. The fourth-order valence-corrected chi connectivity index (χ4v) is 0. The molecule has 0 aromatic heterocycles. The second-order valence-electron chi connectivity index (χ2n) is 0. The predicted molar refractivity (Wildman–Crippen MR) is 24.2 cm³/mol. The van der Waals surface area contributed by atoms with E-state index in [1.807, 2.05) is 0 Å². The van der Waals surface area contributed by atoms with Crippen LogP contribution >= 0.6 is 27.0 Å². The van der Waals surface area contributed by atoms with E-state index in [0.29, 0.717) is 0 Å². The van der Waals surface area contributed by atoms with Gasteiger partial charge in [-0.1, -0.05) is 0 Å². The molecule has 0 aliphatic carbocycles. The standard InChI is InChI=1S/C.Li.2S. The van der Waals surface area contributed by atoms with Gasteiger partial charge in [0.25, 0.3) is 0 Å². The molecule has 0 aromatic rings. The predicted octanol–water partition coefficient (Wildman–Crippen LogP) is 0.997. The average molecular weight is 83.1 g/mol. The first-order chi connectivity index (χ1) is 0. The third-order valence-corrected chi connectivity index (χ3v) is 0. The van der Waals surface area contributed by atoms with Gasteiger partial charge in [0, 0.05) is 53.3 Å².